The smallest absolute Gasteiger partial charge is 0.339 e. The average molecular weight is 439 g/mol. The molecule has 1 N–H and O–H groups in total. The van der Waals surface area contributed by atoms with E-state index in [0.29, 0.717) is 17.4 Å². The lowest BCUT2D eigenvalue weighted by Gasteiger charge is -2.25. The van der Waals surface area contributed by atoms with Crippen molar-refractivity contribution in [3.05, 3.63) is 23.3 Å². The van der Waals surface area contributed by atoms with Crippen LogP contribution in [0, 0.1) is 0 Å². The summed E-state index contributed by atoms with van der Waals surface area (Å²) in [6.07, 6.45) is 8.13. The maximum atomic E-state index is 12.1. The molecule has 0 saturated carbocycles. The molecule has 29 heavy (non-hydrogen) atoms. The first-order valence-corrected chi connectivity index (χ1v) is 17.7. The highest BCUT2D eigenvalue weighted by Gasteiger charge is 2.26. The lowest BCUT2D eigenvalue weighted by atomic mass is 9.99. The molecule has 5 nitrogen and oxygen atoms in total. The minimum atomic E-state index is -1.95. The first kappa shape index (κ1) is 24.0. The molecule has 1 aromatic rings. The van der Waals surface area contributed by atoms with Crippen molar-refractivity contribution in [2.24, 2.45) is 0 Å². The maximum absolute atomic E-state index is 12.1. The Kier molecular flexibility index (Phi) is 8.37. The molecule has 1 heterocycles. The summed E-state index contributed by atoms with van der Waals surface area (Å²) in [6, 6.07) is 3.70. The first-order chi connectivity index (χ1) is 13.4. The molecule has 0 bridgehead atoms. The quantitative estimate of drug-likeness (QED) is 0.229. The molecule has 1 atom stereocenters. The number of hydrogen-bond acceptors (Lipinski definition) is 4. The number of carboxylic acid groups (broad SMARTS) is 1. The molecule has 0 spiro atoms. The van der Waals surface area contributed by atoms with E-state index in [4.69, 9.17) is 13.6 Å². The molecule has 2 rings (SSSR count). The van der Waals surface area contributed by atoms with E-state index < -0.39 is 22.6 Å². The SMILES string of the molecule is C[Si](C)(C)Oc1cc(CCCCCCCC2CO2)c(C(=O)O)c(O[Si](C)(C)C)c1. The standard InChI is InChI=1S/C22H38O5Si2/c1-28(2,3)26-19-14-17(12-10-8-7-9-11-13-18-16-25-18)21(22(23)24)20(15-19)27-29(4,5)6/h14-15,18H,7-13,16H2,1-6H3,(H,23,24). The lowest BCUT2D eigenvalue weighted by Crippen LogP contribution is -2.31. The molecule has 0 radical (unpaired) electrons. The van der Waals surface area contributed by atoms with Crippen LogP contribution in [0.1, 0.15) is 54.4 Å². The largest absolute Gasteiger partial charge is 0.544 e. The van der Waals surface area contributed by atoms with Crippen LogP contribution in [-0.4, -0.2) is 40.4 Å². The van der Waals surface area contributed by atoms with Crippen molar-refractivity contribution in [1.82, 2.24) is 0 Å². The Morgan fingerprint density at radius 3 is 2.14 bits per heavy atom. The summed E-state index contributed by atoms with van der Waals surface area (Å²) in [6.45, 7) is 13.5. The van der Waals surface area contributed by atoms with E-state index in [1.165, 1.54) is 25.7 Å². The van der Waals surface area contributed by atoms with E-state index in [1.807, 2.05) is 6.07 Å². The Labute approximate surface area is 178 Å². The number of benzene rings is 1. The third-order valence-electron chi connectivity index (χ3n) is 4.59. The molecule has 1 aliphatic heterocycles. The van der Waals surface area contributed by atoms with Crippen molar-refractivity contribution in [3.63, 3.8) is 0 Å². The summed E-state index contributed by atoms with van der Waals surface area (Å²) in [7, 11) is -3.76. The average Bonchev–Trinajstić information content (AvgIpc) is 3.34. The van der Waals surface area contributed by atoms with Crippen LogP contribution in [0.5, 0.6) is 11.5 Å². The van der Waals surface area contributed by atoms with Gasteiger partial charge in [-0.3, -0.25) is 0 Å². The third-order valence-corrected chi connectivity index (χ3v) is 6.27. The van der Waals surface area contributed by atoms with Gasteiger partial charge in [0.2, 0.25) is 16.6 Å². The molecule has 1 unspecified atom stereocenters. The highest BCUT2D eigenvalue weighted by atomic mass is 28.4. The molecular formula is C22H38O5Si2. The summed E-state index contributed by atoms with van der Waals surface area (Å²) in [5.74, 6) is 0.283. The van der Waals surface area contributed by atoms with Gasteiger partial charge in [-0.15, -0.1) is 0 Å². The fourth-order valence-electron chi connectivity index (χ4n) is 3.36. The van der Waals surface area contributed by atoms with Crippen molar-refractivity contribution in [2.45, 2.75) is 90.3 Å². The van der Waals surface area contributed by atoms with E-state index in [1.54, 1.807) is 6.07 Å². The second-order valence-corrected chi connectivity index (χ2v) is 18.8. The monoisotopic (exact) mass is 438 g/mol. The topological polar surface area (TPSA) is 68.3 Å². The lowest BCUT2D eigenvalue weighted by molar-refractivity contribution is 0.0693. The van der Waals surface area contributed by atoms with Crippen LogP contribution in [0.2, 0.25) is 39.3 Å². The number of aryl methyl sites for hydroxylation is 1. The van der Waals surface area contributed by atoms with Crippen molar-refractivity contribution < 1.29 is 23.5 Å². The van der Waals surface area contributed by atoms with Crippen LogP contribution in [-0.2, 0) is 11.2 Å². The summed E-state index contributed by atoms with van der Waals surface area (Å²) >= 11 is 0. The Hall–Kier alpha value is -1.32. The van der Waals surface area contributed by atoms with Gasteiger partial charge in [-0.25, -0.2) is 4.79 Å². The van der Waals surface area contributed by atoms with E-state index in [-0.39, 0.29) is 0 Å². The molecule has 1 saturated heterocycles. The van der Waals surface area contributed by atoms with Gasteiger partial charge in [-0.1, -0.05) is 25.7 Å². The second kappa shape index (κ2) is 10.1. The highest BCUT2D eigenvalue weighted by molar-refractivity contribution is 6.71. The molecule has 1 fully saturated rings. The number of aromatic carboxylic acids is 1. The normalized spacial score (nSPS) is 16.6. The van der Waals surface area contributed by atoms with E-state index >= 15 is 0 Å². The van der Waals surface area contributed by atoms with Gasteiger partial charge in [0, 0.05) is 6.07 Å². The van der Waals surface area contributed by atoms with Crippen LogP contribution in [0.25, 0.3) is 0 Å². The fourth-order valence-corrected chi connectivity index (χ4v) is 5.01. The Morgan fingerprint density at radius 1 is 1.00 bits per heavy atom. The van der Waals surface area contributed by atoms with Gasteiger partial charge in [0.05, 0.1) is 12.7 Å². The number of carboxylic acids is 1. The van der Waals surface area contributed by atoms with Gasteiger partial charge in [0.25, 0.3) is 0 Å². The van der Waals surface area contributed by atoms with Gasteiger partial charge in [-0.2, -0.15) is 0 Å². The van der Waals surface area contributed by atoms with E-state index in [0.717, 1.165) is 37.2 Å². The molecule has 164 valence electrons. The van der Waals surface area contributed by atoms with Crippen LogP contribution in [0.3, 0.4) is 0 Å². The number of ether oxygens (including phenoxy) is 1. The number of carbonyl (C=O) groups is 1. The Morgan fingerprint density at radius 2 is 1.59 bits per heavy atom. The minimum Gasteiger partial charge on any atom is -0.544 e. The molecule has 1 aliphatic rings. The molecule has 0 aromatic heterocycles. The van der Waals surface area contributed by atoms with Gasteiger partial charge in [0.1, 0.15) is 17.1 Å². The zero-order valence-corrected chi connectivity index (χ0v) is 21.0. The number of epoxide rings is 1. The third kappa shape index (κ3) is 9.36. The molecule has 1 aromatic carbocycles. The second-order valence-electron chi connectivity index (χ2n) is 9.95. The van der Waals surface area contributed by atoms with E-state index in [9.17, 15) is 9.90 Å². The van der Waals surface area contributed by atoms with Crippen molar-refractivity contribution in [2.75, 3.05) is 6.61 Å². The number of hydrogen-bond donors (Lipinski definition) is 1. The van der Waals surface area contributed by atoms with E-state index in [2.05, 4.69) is 39.3 Å². The van der Waals surface area contributed by atoms with Crippen molar-refractivity contribution in [3.8, 4) is 11.5 Å². The summed E-state index contributed by atoms with van der Waals surface area (Å²) < 4.78 is 17.6. The zero-order valence-electron chi connectivity index (χ0n) is 19.0. The van der Waals surface area contributed by atoms with Crippen molar-refractivity contribution >= 4 is 22.6 Å². The predicted octanol–water partition coefficient (Wildman–Crippen LogP) is 6.09. The van der Waals surface area contributed by atoms with Crippen LogP contribution in [0.15, 0.2) is 12.1 Å². The van der Waals surface area contributed by atoms with Gasteiger partial charge >= 0.3 is 5.97 Å². The Bertz CT molecular complexity index is 688. The Balaban J connectivity index is 2.09. The molecular weight excluding hydrogens is 400 g/mol. The van der Waals surface area contributed by atoms with Gasteiger partial charge in [-0.05, 0) is 70.2 Å². The first-order valence-electron chi connectivity index (χ1n) is 10.8. The molecule has 7 heteroatoms. The fraction of sp³-hybridized carbons (Fsp3) is 0.682. The summed E-state index contributed by atoms with van der Waals surface area (Å²) in [5.41, 5.74) is 1.13. The minimum absolute atomic E-state index is 0.307. The summed E-state index contributed by atoms with van der Waals surface area (Å²) in [5, 5.41) is 9.89. The highest BCUT2D eigenvalue weighted by Crippen LogP contribution is 2.33. The zero-order chi connectivity index (χ0) is 21.7. The predicted molar refractivity (Wildman–Crippen MR) is 122 cm³/mol. The maximum Gasteiger partial charge on any atom is 0.339 e. The molecule has 0 aliphatic carbocycles. The van der Waals surface area contributed by atoms with Crippen LogP contribution < -0.4 is 8.85 Å². The van der Waals surface area contributed by atoms with Crippen molar-refractivity contribution in [1.29, 1.82) is 0 Å². The van der Waals surface area contributed by atoms with Crippen LogP contribution >= 0.6 is 0 Å². The summed E-state index contributed by atoms with van der Waals surface area (Å²) in [4.78, 5) is 12.1. The number of rotatable bonds is 13. The van der Waals surface area contributed by atoms with Gasteiger partial charge in [0.15, 0.2) is 0 Å². The molecule has 0 amide bonds. The van der Waals surface area contributed by atoms with Crippen LogP contribution in [0.4, 0.5) is 0 Å². The number of unbranched alkanes of at least 4 members (excludes halogenated alkanes) is 4. The van der Waals surface area contributed by atoms with Gasteiger partial charge < -0.3 is 18.7 Å².